The molecule has 7 heteroatoms. The molecule has 0 aromatic carbocycles. The van der Waals surface area contributed by atoms with Crippen molar-refractivity contribution in [3.05, 3.63) is 30.1 Å². The lowest BCUT2D eigenvalue weighted by Gasteiger charge is -2.51. The molecule has 1 aromatic heterocycles. The minimum atomic E-state index is -1.87. The number of ether oxygens (including phenoxy) is 2. The maximum Gasteiger partial charge on any atom is 0.217 e. The summed E-state index contributed by atoms with van der Waals surface area (Å²) < 4.78 is 12.0. The number of rotatable bonds is 1. The van der Waals surface area contributed by atoms with Crippen LogP contribution in [0.2, 0.25) is 0 Å². The highest BCUT2D eigenvalue weighted by Crippen LogP contribution is 2.69. The molecule has 4 atom stereocenters. The lowest BCUT2D eigenvalue weighted by molar-refractivity contribution is -0.294. The van der Waals surface area contributed by atoms with E-state index in [2.05, 4.69) is 11.1 Å². The number of pyridine rings is 1. The van der Waals surface area contributed by atoms with Gasteiger partial charge in [-0.1, -0.05) is 12.5 Å². The van der Waals surface area contributed by atoms with Gasteiger partial charge in [0.25, 0.3) is 0 Å². The smallest absolute Gasteiger partial charge is 0.217 e. The fraction of sp³-hybridized carbons (Fsp3) is 0.500. The van der Waals surface area contributed by atoms with Crippen LogP contribution in [0.3, 0.4) is 0 Å². The third-order valence-electron chi connectivity index (χ3n) is 5.80. The number of hydrogen-bond donors (Lipinski definition) is 1. The summed E-state index contributed by atoms with van der Waals surface area (Å²) in [7, 11) is 0. The van der Waals surface area contributed by atoms with Crippen LogP contribution in [0.4, 0.5) is 0 Å². The molecule has 2 bridgehead atoms. The van der Waals surface area contributed by atoms with Gasteiger partial charge < -0.3 is 9.47 Å². The molecule has 4 rings (SSSR count). The summed E-state index contributed by atoms with van der Waals surface area (Å²) in [5.74, 6) is -1.95. The van der Waals surface area contributed by atoms with E-state index in [9.17, 15) is 15.8 Å². The second kappa shape index (κ2) is 5.02. The van der Waals surface area contributed by atoms with Gasteiger partial charge in [0.15, 0.2) is 5.41 Å². The van der Waals surface area contributed by atoms with Crippen LogP contribution in [0.5, 0.6) is 0 Å². The highest BCUT2D eigenvalue weighted by Gasteiger charge is 2.80. The fourth-order valence-corrected chi connectivity index (χ4v) is 4.69. The van der Waals surface area contributed by atoms with E-state index < -0.39 is 28.6 Å². The highest BCUT2D eigenvalue weighted by molar-refractivity contribution is 5.89. The third-order valence-corrected chi connectivity index (χ3v) is 5.80. The first-order valence-corrected chi connectivity index (χ1v) is 8.20. The van der Waals surface area contributed by atoms with Gasteiger partial charge in [0.1, 0.15) is 6.10 Å². The summed E-state index contributed by atoms with van der Waals surface area (Å²) in [5.41, 5.74) is -2.98. The van der Waals surface area contributed by atoms with Gasteiger partial charge in [-0.15, -0.1) is 0 Å². The Bertz CT molecular complexity index is 850. The standard InChI is InChI=1S/C18H15N5O2/c19-9-16(10-20)14(12-4-3-7-23-8-12)24-18-6-2-1-5-13(18)17(16,11-21)15(22)25-18/h3-4,7-8,13-14,22H,1-2,5-6H2/t13-,14-,17-,18+/m0/s1. The first-order valence-electron chi connectivity index (χ1n) is 8.20. The Morgan fingerprint density at radius 2 is 2.00 bits per heavy atom. The molecule has 1 aromatic rings. The average molecular weight is 333 g/mol. The van der Waals surface area contributed by atoms with Crippen LogP contribution in [0.25, 0.3) is 0 Å². The number of nitrogens with zero attached hydrogens (tertiary/aromatic N) is 4. The second-order valence-electron chi connectivity index (χ2n) is 6.78. The minimum Gasteiger partial charge on any atom is -0.447 e. The number of aromatic nitrogens is 1. The molecule has 0 spiro atoms. The zero-order valence-electron chi connectivity index (χ0n) is 13.4. The number of hydrogen-bond acceptors (Lipinski definition) is 7. The molecular formula is C18H15N5O2. The largest absolute Gasteiger partial charge is 0.447 e. The molecule has 1 saturated carbocycles. The Balaban J connectivity index is 2.01. The summed E-state index contributed by atoms with van der Waals surface area (Å²) in [5, 5.41) is 38.5. The van der Waals surface area contributed by atoms with Crippen LogP contribution in [0, 0.1) is 56.2 Å². The molecule has 7 nitrogen and oxygen atoms in total. The van der Waals surface area contributed by atoms with Crippen LogP contribution in [-0.4, -0.2) is 16.7 Å². The molecule has 1 aliphatic carbocycles. The van der Waals surface area contributed by atoms with Crippen molar-refractivity contribution in [3.8, 4) is 18.2 Å². The van der Waals surface area contributed by atoms with E-state index in [1.165, 1.54) is 6.20 Å². The number of nitrogens with one attached hydrogen (secondary N) is 1. The molecule has 0 unspecified atom stereocenters. The summed E-state index contributed by atoms with van der Waals surface area (Å²) >= 11 is 0. The molecule has 0 radical (unpaired) electrons. The number of nitriles is 3. The van der Waals surface area contributed by atoms with Gasteiger partial charge in [0, 0.05) is 24.4 Å². The molecule has 3 heterocycles. The Morgan fingerprint density at radius 1 is 1.20 bits per heavy atom. The van der Waals surface area contributed by atoms with Gasteiger partial charge in [-0.3, -0.25) is 10.4 Å². The first kappa shape index (κ1) is 15.6. The molecule has 124 valence electrons. The van der Waals surface area contributed by atoms with Gasteiger partial charge in [-0.05, 0) is 18.9 Å². The van der Waals surface area contributed by atoms with Crippen molar-refractivity contribution in [1.82, 2.24) is 4.98 Å². The summed E-state index contributed by atoms with van der Waals surface area (Å²) in [4.78, 5) is 4.06. The Kier molecular flexibility index (Phi) is 3.13. The van der Waals surface area contributed by atoms with Gasteiger partial charge >= 0.3 is 0 Å². The van der Waals surface area contributed by atoms with Crippen molar-refractivity contribution < 1.29 is 9.47 Å². The van der Waals surface area contributed by atoms with Crippen molar-refractivity contribution in [1.29, 1.82) is 21.2 Å². The fourth-order valence-electron chi connectivity index (χ4n) is 4.69. The van der Waals surface area contributed by atoms with Crippen LogP contribution in [-0.2, 0) is 9.47 Å². The van der Waals surface area contributed by atoms with E-state index in [0.717, 1.165) is 12.8 Å². The second-order valence-corrected chi connectivity index (χ2v) is 6.78. The molecule has 2 aliphatic heterocycles. The minimum absolute atomic E-state index is 0.323. The lowest BCUT2D eigenvalue weighted by atomic mass is 9.51. The van der Waals surface area contributed by atoms with E-state index in [-0.39, 0.29) is 5.90 Å². The zero-order valence-corrected chi connectivity index (χ0v) is 13.4. The average Bonchev–Trinajstić information content (AvgIpc) is 2.87. The predicted molar refractivity (Wildman–Crippen MR) is 83.3 cm³/mol. The van der Waals surface area contributed by atoms with Crippen molar-refractivity contribution in [2.24, 2.45) is 16.7 Å². The van der Waals surface area contributed by atoms with Crippen molar-refractivity contribution in [2.45, 2.75) is 37.6 Å². The van der Waals surface area contributed by atoms with Gasteiger partial charge in [-0.2, -0.15) is 15.8 Å². The van der Waals surface area contributed by atoms with E-state index >= 15 is 0 Å². The molecule has 3 aliphatic rings. The maximum absolute atomic E-state index is 10.1. The van der Waals surface area contributed by atoms with Crippen LogP contribution in [0.1, 0.15) is 37.4 Å². The molecule has 25 heavy (non-hydrogen) atoms. The third kappa shape index (κ3) is 1.60. The Morgan fingerprint density at radius 3 is 2.64 bits per heavy atom. The molecule has 0 amide bonds. The topological polar surface area (TPSA) is 127 Å². The van der Waals surface area contributed by atoms with Crippen molar-refractivity contribution in [3.63, 3.8) is 0 Å². The van der Waals surface area contributed by atoms with Gasteiger partial charge in [0.2, 0.25) is 17.1 Å². The van der Waals surface area contributed by atoms with Crippen molar-refractivity contribution >= 4 is 5.90 Å². The van der Waals surface area contributed by atoms with Crippen LogP contribution < -0.4 is 0 Å². The maximum atomic E-state index is 10.1. The first-order chi connectivity index (χ1) is 12.1. The monoisotopic (exact) mass is 333 g/mol. The molecular weight excluding hydrogens is 318 g/mol. The lowest BCUT2D eigenvalue weighted by Crippen LogP contribution is -2.60. The van der Waals surface area contributed by atoms with Crippen LogP contribution >= 0.6 is 0 Å². The predicted octanol–water partition coefficient (Wildman–Crippen LogP) is 2.59. The summed E-state index contributed by atoms with van der Waals surface area (Å²) in [6.07, 6.45) is 4.92. The van der Waals surface area contributed by atoms with E-state index in [1.807, 2.05) is 12.1 Å². The molecule has 2 saturated heterocycles. The molecule has 3 fully saturated rings. The Hall–Kier alpha value is -2.95. The van der Waals surface area contributed by atoms with Crippen LogP contribution in [0.15, 0.2) is 24.5 Å². The van der Waals surface area contributed by atoms with Crippen molar-refractivity contribution in [2.75, 3.05) is 0 Å². The Labute approximate surface area is 144 Å². The SMILES string of the molecule is N#CC1(C#N)[C@H](c2cccnc2)O[C@@]23CCCC[C@H]2[C@@]1(C#N)C(=N)O3. The normalized spacial score (nSPS) is 37.7. The summed E-state index contributed by atoms with van der Waals surface area (Å²) in [6, 6.07) is 9.63. The van der Waals surface area contributed by atoms with E-state index in [0.29, 0.717) is 18.4 Å². The molecule has 1 N–H and O–H groups in total. The summed E-state index contributed by atoms with van der Waals surface area (Å²) in [6.45, 7) is 0. The highest BCUT2D eigenvalue weighted by atomic mass is 16.7. The van der Waals surface area contributed by atoms with Gasteiger partial charge in [0.05, 0.1) is 24.1 Å². The van der Waals surface area contributed by atoms with E-state index in [1.54, 1.807) is 18.3 Å². The quantitative estimate of drug-likeness (QED) is 0.841. The van der Waals surface area contributed by atoms with Gasteiger partial charge in [-0.25, -0.2) is 0 Å². The van der Waals surface area contributed by atoms with E-state index in [4.69, 9.17) is 14.9 Å². The zero-order chi connectivity index (χ0) is 17.7.